The van der Waals surface area contributed by atoms with E-state index in [4.69, 9.17) is 9.46 Å². The van der Waals surface area contributed by atoms with E-state index < -0.39 is 8.69 Å². The van der Waals surface area contributed by atoms with Gasteiger partial charge in [-0.1, -0.05) is 53.4 Å². The van der Waals surface area contributed by atoms with Crippen LogP contribution in [0.15, 0.2) is 0 Å². The summed E-state index contributed by atoms with van der Waals surface area (Å²) >= 11 is 0. The second-order valence-electron chi connectivity index (χ2n) is 5.73. The molecule has 0 unspecified atom stereocenters. The van der Waals surface area contributed by atoms with Gasteiger partial charge in [0.2, 0.25) is 0 Å². The van der Waals surface area contributed by atoms with Gasteiger partial charge in [0.15, 0.2) is 0 Å². The molecule has 0 aromatic rings. The minimum Gasteiger partial charge on any atom is -0.324 e. The van der Waals surface area contributed by atoms with Crippen molar-refractivity contribution in [2.45, 2.75) is 79.1 Å². The standard InChI is InChI=1S/C16H36N.HO2P/c1-5-9-13-17(14-10-6-2,15-11-7-3)16-12-8-4;1-3-2/h5-16H2,1-4H3;(H,1,2)/q+1;. The molecule has 0 heterocycles. The number of nitrogens with zero attached hydrogens (tertiary/aromatic N) is 1. The molecule has 0 bridgehead atoms. The Morgan fingerprint density at radius 1 is 0.700 bits per heavy atom. The smallest absolute Gasteiger partial charge is 0.324 e. The van der Waals surface area contributed by atoms with Gasteiger partial charge in [-0.25, -0.2) is 4.57 Å². The Bertz CT molecular complexity index is 163. The van der Waals surface area contributed by atoms with Crippen molar-refractivity contribution in [1.29, 1.82) is 0 Å². The normalized spacial score (nSPS) is 11.2. The SMILES string of the molecule is CCCC[N+](CCCC)(CCCC)CCCC.O=PO. The first-order valence-electron chi connectivity index (χ1n) is 8.48. The number of quaternary nitrogens is 1. The summed E-state index contributed by atoms with van der Waals surface area (Å²) in [5.41, 5.74) is 0. The van der Waals surface area contributed by atoms with Crippen molar-refractivity contribution in [3.05, 3.63) is 0 Å². The van der Waals surface area contributed by atoms with E-state index in [0.717, 1.165) is 0 Å². The summed E-state index contributed by atoms with van der Waals surface area (Å²) < 4.78 is 9.88. The average Bonchev–Trinajstić information content (AvgIpc) is 2.46. The van der Waals surface area contributed by atoms with Crippen molar-refractivity contribution in [2.75, 3.05) is 26.2 Å². The first-order valence-corrected chi connectivity index (χ1v) is 9.24. The molecule has 0 aliphatic rings. The number of hydrogen-bond acceptors (Lipinski definition) is 1. The lowest BCUT2D eigenvalue weighted by Gasteiger charge is -2.39. The predicted octanol–water partition coefficient (Wildman–Crippen LogP) is 5.19. The third-order valence-corrected chi connectivity index (χ3v) is 3.94. The fraction of sp³-hybridized carbons (Fsp3) is 1.00. The van der Waals surface area contributed by atoms with Crippen molar-refractivity contribution in [3.63, 3.8) is 0 Å². The summed E-state index contributed by atoms with van der Waals surface area (Å²) in [5, 5.41) is 0. The second-order valence-corrected chi connectivity index (χ2v) is 5.90. The summed E-state index contributed by atoms with van der Waals surface area (Å²) in [6.07, 6.45) is 11.1. The number of unbranched alkanes of at least 4 members (excludes halogenated alkanes) is 4. The van der Waals surface area contributed by atoms with Gasteiger partial charge in [-0.15, -0.1) is 0 Å². The summed E-state index contributed by atoms with van der Waals surface area (Å²) in [5.74, 6) is 0. The lowest BCUT2D eigenvalue weighted by Crippen LogP contribution is -2.50. The minimum atomic E-state index is -0.833. The van der Waals surface area contributed by atoms with E-state index in [0.29, 0.717) is 0 Å². The van der Waals surface area contributed by atoms with Crippen LogP contribution in [-0.4, -0.2) is 35.6 Å². The second kappa shape index (κ2) is 17.1. The highest BCUT2D eigenvalue weighted by atomic mass is 31.1. The molecule has 0 saturated carbocycles. The van der Waals surface area contributed by atoms with Crippen LogP contribution in [0.1, 0.15) is 79.1 Å². The minimum absolute atomic E-state index is 0.833. The summed E-state index contributed by atoms with van der Waals surface area (Å²) in [7, 11) is -0.833. The molecule has 0 aromatic carbocycles. The first-order chi connectivity index (χ1) is 9.66. The van der Waals surface area contributed by atoms with Crippen LogP contribution in [0.4, 0.5) is 0 Å². The number of hydrogen-bond donors (Lipinski definition) is 1. The average molecular weight is 306 g/mol. The van der Waals surface area contributed by atoms with Crippen molar-refractivity contribution in [3.8, 4) is 0 Å². The van der Waals surface area contributed by atoms with E-state index in [1.165, 1.54) is 82.0 Å². The summed E-state index contributed by atoms with van der Waals surface area (Å²) in [6, 6.07) is 0. The molecule has 0 saturated heterocycles. The topological polar surface area (TPSA) is 37.3 Å². The van der Waals surface area contributed by atoms with Crippen LogP contribution in [0.2, 0.25) is 0 Å². The Hall–Kier alpha value is 0.0200. The van der Waals surface area contributed by atoms with Gasteiger partial charge in [0.1, 0.15) is 0 Å². The quantitative estimate of drug-likeness (QED) is 0.398. The Balaban J connectivity index is 0. The molecule has 4 heteroatoms. The van der Waals surface area contributed by atoms with E-state index >= 15 is 0 Å². The highest BCUT2D eigenvalue weighted by Gasteiger charge is 2.24. The van der Waals surface area contributed by atoms with Gasteiger partial charge in [0, 0.05) is 0 Å². The summed E-state index contributed by atoms with van der Waals surface area (Å²) in [6.45, 7) is 15.0. The van der Waals surface area contributed by atoms with Crippen LogP contribution >= 0.6 is 8.69 Å². The molecule has 122 valence electrons. The van der Waals surface area contributed by atoms with Crippen LogP contribution in [0.25, 0.3) is 0 Å². The van der Waals surface area contributed by atoms with Crippen LogP contribution < -0.4 is 0 Å². The molecule has 0 rings (SSSR count). The molecule has 0 spiro atoms. The molecule has 0 radical (unpaired) electrons. The first kappa shape index (κ1) is 22.3. The van der Waals surface area contributed by atoms with Crippen LogP contribution in [0.5, 0.6) is 0 Å². The fourth-order valence-electron chi connectivity index (χ4n) is 2.64. The van der Waals surface area contributed by atoms with E-state index in [2.05, 4.69) is 27.7 Å². The molecule has 1 N–H and O–H groups in total. The van der Waals surface area contributed by atoms with E-state index in [-0.39, 0.29) is 0 Å². The van der Waals surface area contributed by atoms with E-state index in [1.807, 2.05) is 0 Å². The van der Waals surface area contributed by atoms with Crippen LogP contribution in [-0.2, 0) is 4.57 Å². The maximum Gasteiger partial charge on any atom is 0.324 e. The van der Waals surface area contributed by atoms with E-state index in [1.54, 1.807) is 0 Å². The third-order valence-electron chi connectivity index (χ3n) is 3.94. The van der Waals surface area contributed by atoms with Gasteiger partial charge in [-0.05, 0) is 25.7 Å². The van der Waals surface area contributed by atoms with Gasteiger partial charge < -0.3 is 9.38 Å². The third kappa shape index (κ3) is 13.0. The fourth-order valence-corrected chi connectivity index (χ4v) is 2.64. The van der Waals surface area contributed by atoms with Crippen molar-refractivity contribution >= 4 is 8.69 Å². The molecule has 0 amide bonds. The Labute approximate surface area is 128 Å². The van der Waals surface area contributed by atoms with Gasteiger partial charge in [0.05, 0.1) is 26.2 Å². The Kier molecular flexibility index (Phi) is 19.0. The van der Waals surface area contributed by atoms with Crippen molar-refractivity contribution in [2.24, 2.45) is 0 Å². The van der Waals surface area contributed by atoms with Gasteiger partial charge >= 0.3 is 8.69 Å². The molecule has 0 aromatic heterocycles. The maximum atomic E-state index is 8.46. The molecule has 0 aliphatic carbocycles. The van der Waals surface area contributed by atoms with Crippen molar-refractivity contribution in [1.82, 2.24) is 0 Å². The van der Waals surface area contributed by atoms with Crippen molar-refractivity contribution < 1.29 is 13.9 Å². The highest BCUT2D eigenvalue weighted by molar-refractivity contribution is 7.16. The molecule has 0 aliphatic heterocycles. The Morgan fingerprint density at radius 2 is 0.900 bits per heavy atom. The Morgan fingerprint density at radius 3 is 1.05 bits per heavy atom. The highest BCUT2D eigenvalue weighted by Crippen LogP contribution is 2.16. The zero-order valence-electron chi connectivity index (χ0n) is 14.2. The molecule has 0 fully saturated rings. The molecule has 3 nitrogen and oxygen atoms in total. The zero-order valence-corrected chi connectivity index (χ0v) is 15.1. The van der Waals surface area contributed by atoms with Gasteiger partial charge in [-0.2, -0.15) is 0 Å². The molecular weight excluding hydrogens is 269 g/mol. The lowest BCUT2D eigenvalue weighted by molar-refractivity contribution is -0.929. The zero-order chi connectivity index (χ0) is 15.7. The number of rotatable bonds is 12. The van der Waals surface area contributed by atoms with Gasteiger partial charge in [-0.3, -0.25) is 0 Å². The van der Waals surface area contributed by atoms with Gasteiger partial charge in [0.25, 0.3) is 0 Å². The van der Waals surface area contributed by atoms with Crippen LogP contribution in [0.3, 0.4) is 0 Å². The lowest BCUT2D eigenvalue weighted by atomic mass is 10.1. The molecular formula is C16H37NO2P+. The van der Waals surface area contributed by atoms with Crippen LogP contribution in [0, 0.1) is 0 Å². The molecule has 20 heavy (non-hydrogen) atoms. The summed E-state index contributed by atoms with van der Waals surface area (Å²) in [4.78, 5) is 6.99. The monoisotopic (exact) mass is 306 g/mol. The molecule has 0 atom stereocenters. The predicted molar refractivity (Wildman–Crippen MR) is 89.2 cm³/mol. The largest absolute Gasteiger partial charge is 0.324 e. The van der Waals surface area contributed by atoms with E-state index in [9.17, 15) is 0 Å². The maximum absolute atomic E-state index is 8.46.